The quantitative estimate of drug-likeness (QED) is 0.752. The first-order valence-electron chi connectivity index (χ1n) is 10.5. The number of hydrogen-bond donors (Lipinski definition) is 1. The maximum Gasteiger partial charge on any atom is 0.309 e. The molecular formula is C21H33N3O4S. The van der Waals surface area contributed by atoms with Gasteiger partial charge in [-0.1, -0.05) is 19.8 Å². The van der Waals surface area contributed by atoms with Crippen LogP contribution in [0.1, 0.15) is 46.0 Å². The predicted octanol–water partition coefficient (Wildman–Crippen LogP) is 3.11. The van der Waals surface area contributed by atoms with Crippen LogP contribution in [-0.2, 0) is 9.53 Å². The van der Waals surface area contributed by atoms with Crippen molar-refractivity contribution in [2.45, 2.75) is 52.1 Å². The number of nitrogens with zero attached hydrogens (tertiary/aromatic N) is 3. The van der Waals surface area contributed by atoms with Gasteiger partial charge in [0.2, 0.25) is 5.88 Å². The van der Waals surface area contributed by atoms with Gasteiger partial charge in [-0.2, -0.15) is 18.6 Å². The molecule has 1 aromatic rings. The van der Waals surface area contributed by atoms with Crippen molar-refractivity contribution >= 4 is 25.2 Å². The Morgan fingerprint density at radius 1 is 1.38 bits per heavy atom. The highest BCUT2D eigenvalue weighted by molar-refractivity contribution is 7.59. The van der Waals surface area contributed by atoms with Gasteiger partial charge in [0.25, 0.3) is 0 Å². The Morgan fingerprint density at radius 2 is 2.14 bits per heavy atom. The summed E-state index contributed by atoms with van der Waals surface area (Å²) in [6.07, 6.45) is 7.39. The van der Waals surface area contributed by atoms with Gasteiger partial charge in [-0.05, 0) is 38.0 Å². The third kappa shape index (κ3) is 4.97. The molecule has 1 aliphatic heterocycles. The molecule has 2 heterocycles. The van der Waals surface area contributed by atoms with E-state index in [1.807, 2.05) is 13.0 Å². The van der Waals surface area contributed by atoms with Crippen molar-refractivity contribution < 1.29 is 19.4 Å². The number of aliphatic carboxylic acids is 1. The molecule has 8 heteroatoms. The molecule has 2 saturated carbocycles. The summed E-state index contributed by atoms with van der Waals surface area (Å²) in [5, 5.41) is 17.7. The van der Waals surface area contributed by atoms with Crippen molar-refractivity contribution in [2.24, 2.45) is 23.2 Å². The molecule has 0 spiro atoms. The third-order valence-corrected chi connectivity index (χ3v) is 6.92. The first-order valence-corrected chi connectivity index (χ1v) is 10.5. The number of carbonyl (C=O) groups is 1. The van der Waals surface area contributed by atoms with Crippen LogP contribution in [0.4, 0.5) is 5.69 Å². The molecule has 4 rings (SSSR count). The van der Waals surface area contributed by atoms with Crippen LogP contribution in [0.25, 0.3) is 0 Å². The largest absolute Gasteiger partial charge is 0.481 e. The average Bonchev–Trinajstić information content (AvgIpc) is 3.41. The number of carboxylic acids is 1. The highest BCUT2D eigenvalue weighted by Crippen LogP contribution is 2.55. The molecule has 0 radical (unpaired) electrons. The highest BCUT2D eigenvalue weighted by atomic mass is 32.1. The fraction of sp³-hybridized carbons (Fsp3) is 0.762. The predicted molar refractivity (Wildman–Crippen MR) is 115 cm³/mol. The van der Waals surface area contributed by atoms with Gasteiger partial charge in [-0.15, -0.1) is 5.10 Å². The van der Waals surface area contributed by atoms with E-state index in [1.54, 1.807) is 6.20 Å². The summed E-state index contributed by atoms with van der Waals surface area (Å²) < 4.78 is 11.8. The summed E-state index contributed by atoms with van der Waals surface area (Å²) in [7, 11) is 0. The smallest absolute Gasteiger partial charge is 0.309 e. The van der Waals surface area contributed by atoms with Crippen molar-refractivity contribution in [1.82, 2.24) is 10.2 Å². The first kappa shape index (κ1) is 22.2. The summed E-state index contributed by atoms with van der Waals surface area (Å²) in [6.45, 7) is 6.87. The van der Waals surface area contributed by atoms with E-state index in [0.717, 1.165) is 18.2 Å². The van der Waals surface area contributed by atoms with Gasteiger partial charge in [0.1, 0.15) is 0 Å². The molecule has 7 nitrogen and oxygen atoms in total. The van der Waals surface area contributed by atoms with Gasteiger partial charge in [-0.25, -0.2) is 0 Å². The van der Waals surface area contributed by atoms with Crippen molar-refractivity contribution in [3.63, 3.8) is 0 Å². The van der Waals surface area contributed by atoms with Gasteiger partial charge in [0, 0.05) is 25.1 Å². The number of carboxylic acid groups (broad SMARTS) is 1. The Labute approximate surface area is 179 Å². The molecule has 1 N–H and O–H groups in total. The van der Waals surface area contributed by atoms with Gasteiger partial charge in [0.15, 0.2) is 0 Å². The van der Waals surface area contributed by atoms with E-state index in [4.69, 9.17) is 9.47 Å². The van der Waals surface area contributed by atoms with Gasteiger partial charge in [0.05, 0.1) is 36.6 Å². The molecule has 1 saturated heterocycles. The molecular weight excluding hydrogens is 390 g/mol. The van der Waals surface area contributed by atoms with Crippen molar-refractivity contribution in [3.8, 4) is 5.88 Å². The number of hydrogen-bond acceptors (Lipinski definition) is 6. The van der Waals surface area contributed by atoms with Crippen LogP contribution >= 0.6 is 13.5 Å². The molecule has 0 bridgehead atoms. The van der Waals surface area contributed by atoms with Crippen LogP contribution in [0.5, 0.6) is 5.88 Å². The second-order valence-electron chi connectivity index (χ2n) is 9.08. The summed E-state index contributed by atoms with van der Waals surface area (Å²) in [5.74, 6) is 1.37. The fourth-order valence-corrected chi connectivity index (χ4v) is 4.62. The zero-order valence-corrected chi connectivity index (χ0v) is 18.3. The van der Waals surface area contributed by atoms with Crippen LogP contribution < -0.4 is 9.64 Å². The number of ether oxygens (including phenoxy) is 2. The minimum absolute atomic E-state index is 0. The molecule has 29 heavy (non-hydrogen) atoms. The van der Waals surface area contributed by atoms with E-state index in [1.165, 1.54) is 25.7 Å². The molecule has 3 atom stereocenters. The third-order valence-electron chi connectivity index (χ3n) is 6.92. The Hall–Kier alpha value is -1.54. The van der Waals surface area contributed by atoms with Gasteiger partial charge >= 0.3 is 5.97 Å². The maximum atomic E-state index is 11.4. The van der Waals surface area contributed by atoms with E-state index in [-0.39, 0.29) is 25.5 Å². The fourth-order valence-electron chi connectivity index (χ4n) is 4.62. The van der Waals surface area contributed by atoms with Crippen molar-refractivity contribution in [1.29, 1.82) is 0 Å². The Balaban J connectivity index is 0.00000240. The molecule has 0 amide bonds. The number of aromatic nitrogens is 2. The van der Waals surface area contributed by atoms with Crippen LogP contribution in [0.2, 0.25) is 0 Å². The van der Waals surface area contributed by atoms with Crippen LogP contribution in [0, 0.1) is 23.2 Å². The van der Waals surface area contributed by atoms with E-state index in [9.17, 15) is 9.90 Å². The number of anilines is 1. The number of rotatable bonds is 6. The SMILES string of the molecule is CC1CCC(COc2cc(N3CCO[C@@H](C4CC4(C)C(=O)O)C3)cnn2)CC1.S. The van der Waals surface area contributed by atoms with Crippen LogP contribution in [0.3, 0.4) is 0 Å². The lowest BCUT2D eigenvalue weighted by atomic mass is 9.83. The summed E-state index contributed by atoms with van der Waals surface area (Å²) >= 11 is 0. The molecule has 162 valence electrons. The second kappa shape index (κ2) is 9.08. The van der Waals surface area contributed by atoms with Crippen molar-refractivity contribution in [2.75, 3.05) is 31.2 Å². The minimum Gasteiger partial charge on any atom is -0.481 e. The molecule has 1 aromatic heterocycles. The lowest BCUT2D eigenvalue weighted by molar-refractivity contribution is -0.144. The standard InChI is InChI=1S/C21H31N3O4.H2S/c1-14-3-5-15(6-4-14)13-28-19-9-16(11-22-23-19)24-7-8-27-18(12-24)17-10-21(17,2)20(25)26;/h9,11,14-15,17-18H,3-8,10,12-13H2,1-2H3,(H,25,26);1H2/t14?,15?,17?,18-,21?;/m1./s1. The molecule has 3 fully saturated rings. The molecule has 2 unspecified atom stereocenters. The Bertz CT molecular complexity index is 713. The highest BCUT2D eigenvalue weighted by Gasteiger charge is 2.60. The zero-order chi connectivity index (χ0) is 19.7. The summed E-state index contributed by atoms with van der Waals surface area (Å²) in [5.41, 5.74) is 0.323. The average molecular weight is 424 g/mol. The van der Waals surface area contributed by atoms with Crippen LogP contribution in [0.15, 0.2) is 12.3 Å². The minimum atomic E-state index is -0.725. The first-order chi connectivity index (χ1) is 13.5. The normalized spacial score (nSPS) is 34.2. The number of morpholine rings is 1. The van der Waals surface area contributed by atoms with E-state index < -0.39 is 11.4 Å². The molecule has 3 aliphatic rings. The van der Waals surface area contributed by atoms with E-state index in [0.29, 0.717) is 38.0 Å². The lowest BCUT2D eigenvalue weighted by Gasteiger charge is -2.35. The maximum absolute atomic E-state index is 11.4. The Kier molecular flexibility index (Phi) is 6.94. The van der Waals surface area contributed by atoms with Crippen LogP contribution in [-0.4, -0.2) is 53.7 Å². The molecule has 0 aromatic carbocycles. The summed E-state index contributed by atoms with van der Waals surface area (Å²) in [6, 6.07) is 1.95. The van der Waals surface area contributed by atoms with Gasteiger partial charge in [-0.3, -0.25) is 4.79 Å². The van der Waals surface area contributed by atoms with E-state index in [2.05, 4.69) is 22.0 Å². The molecule has 2 aliphatic carbocycles. The topological polar surface area (TPSA) is 84.8 Å². The zero-order valence-electron chi connectivity index (χ0n) is 17.3. The summed E-state index contributed by atoms with van der Waals surface area (Å²) in [4.78, 5) is 13.7. The van der Waals surface area contributed by atoms with Gasteiger partial charge < -0.3 is 19.5 Å². The lowest BCUT2D eigenvalue weighted by Crippen LogP contribution is -2.44. The van der Waals surface area contributed by atoms with Crippen molar-refractivity contribution in [3.05, 3.63) is 12.3 Å². The van der Waals surface area contributed by atoms with E-state index >= 15 is 0 Å². The Morgan fingerprint density at radius 3 is 2.83 bits per heavy atom. The monoisotopic (exact) mass is 423 g/mol. The second-order valence-corrected chi connectivity index (χ2v) is 9.08.